The van der Waals surface area contributed by atoms with Crippen molar-refractivity contribution in [3.05, 3.63) is 12.2 Å². The second-order valence-corrected chi connectivity index (χ2v) is 3.46. The van der Waals surface area contributed by atoms with Crippen LogP contribution >= 0.6 is 0 Å². The van der Waals surface area contributed by atoms with Gasteiger partial charge < -0.3 is 9.80 Å². The van der Waals surface area contributed by atoms with Crippen LogP contribution < -0.4 is 0 Å². The third kappa shape index (κ3) is 1.22. The second-order valence-electron chi connectivity index (χ2n) is 3.46. The topological polar surface area (TPSA) is 40.6 Å². The maximum atomic E-state index is 11.6. The van der Waals surface area contributed by atoms with Crippen molar-refractivity contribution in [2.75, 3.05) is 20.1 Å². The van der Waals surface area contributed by atoms with Crippen LogP contribution in [0.15, 0.2) is 12.2 Å². The second kappa shape index (κ2) is 2.87. The van der Waals surface area contributed by atoms with Crippen LogP contribution in [0.4, 0.5) is 0 Å². The zero-order valence-electron chi connectivity index (χ0n) is 7.56. The van der Waals surface area contributed by atoms with E-state index in [0.29, 0.717) is 13.0 Å². The average molecular weight is 180 g/mol. The van der Waals surface area contributed by atoms with E-state index in [-0.39, 0.29) is 24.4 Å². The first-order valence-electron chi connectivity index (χ1n) is 4.39. The largest absolute Gasteiger partial charge is 0.335 e. The SMILES string of the molecule is CN1CC(=O)N2CC=CCC2C1=O. The molecule has 0 aromatic carbocycles. The Hall–Kier alpha value is -1.32. The van der Waals surface area contributed by atoms with Crippen LogP contribution in [0, 0.1) is 0 Å². The molecule has 4 nitrogen and oxygen atoms in total. The molecule has 0 radical (unpaired) electrons. The predicted octanol–water partition coefficient (Wildman–Crippen LogP) is -0.385. The standard InChI is InChI=1S/C9H12N2O2/c1-10-6-8(12)11-5-3-2-4-7(11)9(10)13/h2-3,7H,4-6H2,1H3. The summed E-state index contributed by atoms with van der Waals surface area (Å²) >= 11 is 0. The summed E-state index contributed by atoms with van der Waals surface area (Å²) in [6.45, 7) is 0.812. The Labute approximate surface area is 76.8 Å². The Morgan fingerprint density at radius 3 is 2.92 bits per heavy atom. The van der Waals surface area contributed by atoms with Crippen molar-refractivity contribution in [2.45, 2.75) is 12.5 Å². The molecule has 2 amide bonds. The lowest BCUT2D eigenvalue weighted by Crippen LogP contribution is -2.59. The summed E-state index contributed by atoms with van der Waals surface area (Å²) in [5, 5.41) is 0. The number of hydrogen-bond donors (Lipinski definition) is 0. The zero-order chi connectivity index (χ0) is 9.42. The minimum absolute atomic E-state index is 0.0523. The van der Waals surface area contributed by atoms with Gasteiger partial charge >= 0.3 is 0 Å². The minimum Gasteiger partial charge on any atom is -0.335 e. The quantitative estimate of drug-likeness (QED) is 0.477. The van der Waals surface area contributed by atoms with Crippen LogP contribution in [-0.2, 0) is 9.59 Å². The third-order valence-corrected chi connectivity index (χ3v) is 2.56. The molecule has 1 unspecified atom stereocenters. The molecule has 1 saturated heterocycles. The first-order valence-corrected chi connectivity index (χ1v) is 4.39. The average Bonchev–Trinajstić information content (AvgIpc) is 2.15. The molecule has 0 aliphatic carbocycles. The molecule has 2 heterocycles. The minimum atomic E-state index is -0.240. The van der Waals surface area contributed by atoms with Gasteiger partial charge in [-0.3, -0.25) is 9.59 Å². The first-order chi connectivity index (χ1) is 6.20. The monoisotopic (exact) mass is 180 g/mol. The Morgan fingerprint density at radius 2 is 2.15 bits per heavy atom. The summed E-state index contributed by atoms with van der Waals surface area (Å²) < 4.78 is 0. The van der Waals surface area contributed by atoms with Gasteiger partial charge in [-0.15, -0.1) is 0 Å². The number of piperazine rings is 1. The Morgan fingerprint density at radius 1 is 1.38 bits per heavy atom. The van der Waals surface area contributed by atoms with Gasteiger partial charge in [0.05, 0.1) is 6.54 Å². The molecule has 4 heteroatoms. The molecule has 0 aromatic heterocycles. The molecule has 13 heavy (non-hydrogen) atoms. The summed E-state index contributed by atoms with van der Waals surface area (Å²) in [4.78, 5) is 26.2. The smallest absolute Gasteiger partial charge is 0.245 e. The van der Waals surface area contributed by atoms with Crippen molar-refractivity contribution in [1.29, 1.82) is 0 Å². The Kier molecular flexibility index (Phi) is 1.83. The molecule has 0 bridgehead atoms. The van der Waals surface area contributed by atoms with Crippen molar-refractivity contribution in [3.8, 4) is 0 Å². The molecule has 0 aromatic rings. The number of carbonyl (C=O) groups is 2. The van der Waals surface area contributed by atoms with Crippen LogP contribution in [0.1, 0.15) is 6.42 Å². The molecule has 2 aliphatic rings. The fourth-order valence-electron chi connectivity index (χ4n) is 1.80. The van der Waals surface area contributed by atoms with Gasteiger partial charge in [0.15, 0.2) is 0 Å². The van der Waals surface area contributed by atoms with Crippen molar-refractivity contribution in [3.63, 3.8) is 0 Å². The summed E-state index contributed by atoms with van der Waals surface area (Å²) in [7, 11) is 1.68. The summed E-state index contributed by atoms with van der Waals surface area (Å²) in [5.74, 6) is 0.111. The predicted molar refractivity (Wildman–Crippen MR) is 46.9 cm³/mol. The number of nitrogens with zero attached hydrogens (tertiary/aromatic N) is 2. The zero-order valence-corrected chi connectivity index (χ0v) is 7.56. The van der Waals surface area contributed by atoms with Gasteiger partial charge in [0.1, 0.15) is 6.04 Å². The molecular weight excluding hydrogens is 168 g/mol. The molecule has 0 N–H and O–H groups in total. The van der Waals surface area contributed by atoms with E-state index < -0.39 is 0 Å². The van der Waals surface area contributed by atoms with Gasteiger partial charge in [-0.1, -0.05) is 12.2 Å². The van der Waals surface area contributed by atoms with Crippen molar-refractivity contribution >= 4 is 11.8 Å². The van der Waals surface area contributed by atoms with E-state index in [0.717, 1.165) is 0 Å². The van der Waals surface area contributed by atoms with Crippen LogP contribution in [0.2, 0.25) is 0 Å². The fraction of sp³-hybridized carbons (Fsp3) is 0.556. The Bertz CT molecular complexity index is 285. The highest BCUT2D eigenvalue weighted by Crippen LogP contribution is 2.17. The number of fused-ring (bicyclic) bond motifs is 1. The molecule has 2 rings (SSSR count). The molecule has 1 fully saturated rings. The van der Waals surface area contributed by atoms with Gasteiger partial charge in [-0.2, -0.15) is 0 Å². The van der Waals surface area contributed by atoms with Crippen LogP contribution in [0.25, 0.3) is 0 Å². The molecule has 2 aliphatic heterocycles. The maximum Gasteiger partial charge on any atom is 0.245 e. The summed E-state index contributed by atoms with van der Waals surface area (Å²) in [5.41, 5.74) is 0. The Balaban J connectivity index is 2.26. The van der Waals surface area contributed by atoms with E-state index in [2.05, 4.69) is 0 Å². The highest BCUT2D eigenvalue weighted by molar-refractivity contribution is 5.95. The third-order valence-electron chi connectivity index (χ3n) is 2.56. The first kappa shape index (κ1) is 8.29. The van der Waals surface area contributed by atoms with E-state index in [4.69, 9.17) is 0 Å². The van der Waals surface area contributed by atoms with Crippen molar-refractivity contribution in [2.24, 2.45) is 0 Å². The summed E-state index contributed by atoms with van der Waals surface area (Å²) in [6.07, 6.45) is 4.56. The van der Waals surface area contributed by atoms with Crippen molar-refractivity contribution in [1.82, 2.24) is 9.80 Å². The van der Waals surface area contributed by atoms with Crippen LogP contribution in [0.3, 0.4) is 0 Å². The number of amides is 2. The lowest BCUT2D eigenvalue weighted by molar-refractivity contribution is -0.154. The van der Waals surface area contributed by atoms with E-state index in [1.165, 1.54) is 4.90 Å². The number of likely N-dealkylation sites (N-methyl/N-ethyl adjacent to an activating group) is 1. The van der Waals surface area contributed by atoms with E-state index in [1.54, 1.807) is 11.9 Å². The maximum absolute atomic E-state index is 11.6. The van der Waals surface area contributed by atoms with Gasteiger partial charge in [0, 0.05) is 13.6 Å². The molecule has 0 spiro atoms. The van der Waals surface area contributed by atoms with Gasteiger partial charge in [0.25, 0.3) is 0 Å². The van der Waals surface area contributed by atoms with Gasteiger partial charge in [0.2, 0.25) is 11.8 Å². The molecule has 0 saturated carbocycles. The molecular formula is C9H12N2O2. The van der Waals surface area contributed by atoms with Gasteiger partial charge in [-0.25, -0.2) is 0 Å². The highest BCUT2D eigenvalue weighted by Gasteiger charge is 2.37. The number of rotatable bonds is 0. The number of hydrogen-bond acceptors (Lipinski definition) is 2. The highest BCUT2D eigenvalue weighted by atomic mass is 16.2. The summed E-state index contributed by atoms with van der Waals surface area (Å²) in [6, 6.07) is -0.240. The van der Waals surface area contributed by atoms with Crippen LogP contribution in [-0.4, -0.2) is 47.8 Å². The van der Waals surface area contributed by atoms with Crippen molar-refractivity contribution < 1.29 is 9.59 Å². The molecule has 1 atom stereocenters. The van der Waals surface area contributed by atoms with E-state index >= 15 is 0 Å². The van der Waals surface area contributed by atoms with Crippen LogP contribution in [0.5, 0.6) is 0 Å². The fourth-order valence-corrected chi connectivity index (χ4v) is 1.80. The lowest BCUT2D eigenvalue weighted by atomic mass is 10.0. The molecule has 70 valence electrons. The lowest BCUT2D eigenvalue weighted by Gasteiger charge is -2.39. The van der Waals surface area contributed by atoms with E-state index in [1.807, 2.05) is 12.2 Å². The number of carbonyl (C=O) groups excluding carboxylic acids is 2. The normalized spacial score (nSPS) is 27.9. The van der Waals surface area contributed by atoms with Gasteiger partial charge in [-0.05, 0) is 6.42 Å². The van der Waals surface area contributed by atoms with E-state index in [9.17, 15) is 9.59 Å².